The molecule has 1 saturated heterocycles. The predicted molar refractivity (Wildman–Crippen MR) is 94.6 cm³/mol. The topological polar surface area (TPSA) is 71.2 Å². The van der Waals surface area contributed by atoms with Gasteiger partial charge in [-0.1, -0.05) is 30.7 Å². The van der Waals surface area contributed by atoms with E-state index in [1.807, 2.05) is 0 Å². The number of nitrogen functional groups attached to an aromatic ring is 1. The minimum atomic E-state index is 0.325. The lowest BCUT2D eigenvalue weighted by molar-refractivity contribution is 0.216. The molecule has 0 bridgehead atoms. The van der Waals surface area contributed by atoms with Crippen molar-refractivity contribution in [3.8, 4) is 0 Å². The standard InChI is InChI=1S/C18H24N6/c19-17-20-16(13-23-9-4-1-5-10-23)21-18(22-17)24-11-8-14-6-2-3-7-15(14)12-24/h2-3,6-7H,1,4-5,8-13H2,(H2,19,20,21,22). The fourth-order valence-electron chi connectivity index (χ4n) is 3.62. The van der Waals surface area contributed by atoms with Crippen LogP contribution in [0.5, 0.6) is 0 Å². The van der Waals surface area contributed by atoms with E-state index in [0.29, 0.717) is 11.9 Å². The van der Waals surface area contributed by atoms with Gasteiger partial charge in [0.2, 0.25) is 11.9 Å². The lowest BCUT2D eigenvalue weighted by atomic mass is 10.0. The molecule has 0 unspecified atom stereocenters. The molecule has 2 N–H and O–H groups in total. The second-order valence-electron chi connectivity index (χ2n) is 6.69. The molecule has 1 fully saturated rings. The molecule has 126 valence electrons. The van der Waals surface area contributed by atoms with Crippen LogP contribution in [0.15, 0.2) is 24.3 Å². The quantitative estimate of drug-likeness (QED) is 0.931. The average molecular weight is 324 g/mol. The van der Waals surface area contributed by atoms with E-state index in [9.17, 15) is 0 Å². The zero-order chi connectivity index (χ0) is 16.4. The highest BCUT2D eigenvalue weighted by molar-refractivity contribution is 5.41. The van der Waals surface area contributed by atoms with Crippen molar-refractivity contribution >= 4 is 11.9 Å². The Bertz CT molecular complexity index is 710. The van der Waals surface area contributed by atoms with E-state index in [1.54, 1.807) is 0 Å². The van der Waals surface area contributed by atoms with E-state index < -0.39 is 0 Å². The van der Waals surface area contributed by atoms with Crippen molar-refractivity contribution in [2.45, 2.75) is 38.8 Å². The molecule has 1 aromatic heterocycles. The van der Waals surface area contributed by atoms with Crippen LogP contribution in [-0.4, -0.2) is 39.5 Å². The number of hydrogen-bond acceptors (Lipinski definition) is 6. The third-order valence-electron chi connectivity index (χ3n) is 4.91. The molecule has 0 radical (unpaired) electrons. The SMILES string of the molecule is Nc1nc(CN2CCCCC2)nc(N2CCc3ccccc3C2)n1. The Hall–Kier alpha value is -2.21. The monoisotopic (exact) mass is 324 g/mol. The van der Waals surface area contributed by atoms with Gasteiger partial charge in [-0.25, -0.2) is 0 Å². The second kappa shape index (κ2) is 6.73. The Morgan fingerprint density at radius 3 is 2.54 bits per heavy atom. The van der Waals surface area contributed by atoms with Crippen molar-refractivity contribution in [1.29, 1.82) is 0 Å². The Labute approximate surface area is 142 Å². The third kappa shape index (κ3) is 3.33. The molecule has 6 nitrogen and oxygen atoms in total. The molecule has 3 heterocycles. The average Bonchev–Trinajstić information content (AvgIpc) is 2.62. The first-order valence-electron chi connectivity index (χ1n) is 8.82. The predicted octanol–water partition coefficient (Wildman–Crippen LogP) is 2.00. The van der Waals surface area contributed by atoms with Crippen LogP contribution < -0.4 is 10.6 Å². The van der Waals surface area contributed by atoms with Crippen molar-refractivity contribution in [3.63, 3.8) is 0 Å². The first kappa shape index (κ1) is 15.3. The van der Waals surface area contributed by atoms with Crippen LogP contribution in [-0.2, 0) is 19.5 Å². The van der Waals surface area contributed by atoms with Gasteiger partial charge in [0.05, 0.1) is 6.54 Å². The molecular weight excluding hydrogens is 300 g/mol. The zero-order valence-electron chi connectivity index (χ0n) is 14.0. The van der Waals surface area contributed by atoms with E-state index in [4.69, 9.17) is 10.7 Å². The van der Waals surface area contributed by atoms with Gasteiger partial charge in [0.1, 0.15) is 5.82 Å². The van der Waals surface area contributed by atoms with Gasteiger partial charge in [0.15, 0.2) is 0 Å². The van der Waals surface area contributed by atoms with Gasteiger partial charge in [-0.3, -0.25) is 4.90 Å². The number of fused-ring (bicyclic) bond motifs is 1. The van der Waals surface area contributed by atoms with E-state index in [0.717, 1.165) is 45.0 Å². The van der Waals surface area contributed by atoms with Crippen LogP contribution in [0, 0.1) is 0 Å². The maximum atomic E-state index is 5.96. The van der Waals surface area contributed by atoms with Crippen LogP contribution in [0.1, 0.15) is 36.2 Å². The second-order valence-corrected chi connectivity index (χ2v) is 6.69. The van der Waals surface area contributed by atoms with Crippen molar-refractivity contribution < 1.29 is 0 Å². The normalized spacial score (nSPS) is 18.4. The van der Waals surface area contributed by atoms with Gasteiger partial charge in [0, 0.05) is 13.1 Å². The van der Waals surface area contributed by atoms with Crippen LogP contribution >= 0.6 is 0 Å². The van der Waals surface area contributed by atoms with Crippen LogP contribution in [0.3, 0.4) is 0 Å². The number of rotatable bonds is 3. The van der Waals surface area contributed by atoms with Crippen molar-refractivity contribution in [2.75, 3.05) is 30.3 Å². The molecule has 2 aliphatic rings. The first-order valence-corrected chi connectivity index (χ1v) is 8.82. The summed E-state index contributed by atoms with van der Waals surface area (Å²) in [5, 5.41) is 0. The molecule has 1 aromatic carbocycles. The fraction of sp³-hybridized carbons (Fsp3) is 0.500. The highest BCUT2D eigenvalue weighted by Crippen LogP contribution is 2.22. The largest absolute Gasteiger partial charge is 0.368 e. The minimum absolute atomic E-state index is 0.325. The number of piperidine rings is 1. The summed E-state index contributed by atoms with van der Waals surface area (Å²) in [6, 6.07) is 8.58. The summed E-state index contributed by atoms with van der Waals surface area (Å²) in [5.74, 6) is 1.83. The van der Waals surface area contributed by atoms with Crippen LogP contribution in [0.25, 0.3) is 0 Å². The molecule has 24 heavy (non-hydrogen) atoms. The number of nitrogens with zero attached hydrogens (tertiary/aromatic N) is 5. The summed E-state index contributed by atoms with van der Waals surface area (Å²) in [7, 11) is 0. The molecule has 4 rings (SSSR count). The molecule has 0 amide bonds. The summed E-state index contributed by atoms with van der Waals surface area (Å²) < 4.78 is 0. The highest BCUT2D eigenvalue weighted by Gasteiger charge is 2.20. The third-order valence-corrected chi connectivity index (χ3v) is 4.91. The maximum absolute atomic E-state index is 5.96. The molecule has 0 atom stereocenters. The first-order chi connectivity index (χ1) is 11.8. The molecule has 0 aliphatic carbocycles. The van der Waals surface area contributed by atoms with Crippen LogP contribution in [0.2, 0.25) is 0 Å². The van der Waals surface area contributed by atoms with Gasteiger partial charge >= 0.3 is 0 Å². The number of anilines is 2. The Balaban J connectivity index is 1.53. The van der Waals surface area contributed by atoms with Crippen LogP contribution in [0.4, 0.5) is 11.9 Å². The zero-order valence-corrected chi connectivity index (χ0v) is 14.0. The number of likely N-dealkylation sites (tertiary alicyclic amines) is 1. The summed E-state index contributed by atoms with van der Waals surface area (Å²) in [6.07, 6.45) is 4.87. The van der Waals surface area contributed by atoms with Gasteiger partial charge in [-0.05, 0) is 43.5 Å². The molecular formula is C18H24N6. The lowest BCUT2D eigenvalue weighted by Gasteiger charge is -2.29. The van der Waals surface area contributed by atoms with Gasteiger partial charge in [0.25, 0.3) is 0 Å². The fourth-order valence-corrected chi connectivity index (χ4v) is 3.62. The van der Waals surface area contributed by atoms with E-state index in [-0.39, 0.29) is 0 Å². The summed E-state index contributed by atoms with van der Waals surface area (Å²) in [5.41, 5.74) is 8.73. The van der Waals surface area contributed by atoms with Gasteiger partial charge in [-0.2, -0.15) is 15.0 Å². The number of nitrogens with two attached hydrogens (primary N) is 1. The summed E-state index contributed by atoms with van der Waals surface area (Å²) >= 11 is 0. The van der Waals surface area contributed by atoms with Crippen molar-refractivity contribution in [1.82, 2.24) is 19.9 Å². The number of aromatic nitrogens is 3. The number of benzene rings is 1. The number of hydrogen-bond donors (Lipinski definition) is 1. The molecule has 2 aromatic rings. The Morgan fingerprint density at radius 1 is 0.917 bits per heavy atom. The van der Waals surface area contributed by atoms with Crippen molar-refractivity contribution in [2.24, 2.45) is 0 Å². The Kier molecular flexibility index (Phi) is 4.30. The lowest BCUT2D eigenvalue weighted by Crippen LogP contribution is -2.33. The molecule has 0 spiro atoms. The molecule has 6 heteroatoms. The summed E-state index contributed by atoms with van der Waals surface area (Å²) in [4.78, 5) is 18.1. The molecule has 2 aliphatic heterocycles. The smallest absolute Gasteiger partial charge is 0.230 e. The van der Waals surface area contributed by atoms with Gasteiger partial charge < -0.3 is 10.6 Å². The van der Waals surface area contributed by atoms with E-state index in [2.05, 4.69) is 44.0 Å². The molecule has 0 saturated carbocycles. The maximum Gasteiger partial charge on any atom is 0.230 e. The summed E-state index contributed by atoms with van der Waals surface area (Å²) in [6.45, 7) is 4.77. The van der Waals surface area contributed by atoms with E-state index >= 15 is 0 Å². The van der Waals surface area contributed by atoms with Gasteiger partial charge in [-0.15, -0.1) is 0 Å². The van der Waals surface area contributed by atoms with Crippen molar-refractivity contribution in [3.05, 3.63) is 41.2 Å². The highest BCUT2D eigenvalue weighted by atomic mass is 15.3. The van der Waals surface area contributed by atoms with E-state index in [1.165, 1.54) is 30.4 Å². The Morgan fingerprint density at radius 2 is 1.71 bits per heavy atom. The minimum Gasteiger partial charge on any atom is -0.368 e.